The fourth-order valence-corrected chi connectivity index (χ4v) is 6.39. The number of nitrogen functional groups attached to an aromatic ring is 1. The number of aliphatic hydroxyl groups is 1. The summed E-state index contributed by atoms with van der Waals surface area (Å²) in [6.45, 7) is 9.43. The lowest BCUT2D eigenvalue weighted by molar-refractivity contribution is -0.149. The summed E-state index contributed by atoms with van der Waals surface area (Å²) in [7, 11) is -4.08. The van der Waals surface area contributed by atoms with E-state index in [1.807, 2.05) is 6.92 Å². The zero-order valence-corrected chi connectivity index (χ0v) is 25.7. The molecule has 1 saturated heterocycles. The predicted molar refractivity (Wildman–Crippen MR) is 152 cm³/mol. The van der Waals surface area contributed by atoms with Crippen molar-refractivity contribution in [1.82, 2.24) is 24.6 Å². The number of thioether (sulfide) groups is 1. The second-order valence-corrected chi connectivity index (χ2v) is 13.6. The number of carbonyl (C=O) groups is 2. The molecule has 3 rings (SSSR count). The van der Waals surface area contributed by atoms with E-state index in [-0.39, 0.29) is 59.8 Å². The minimum atomic E-state index is -4.08. The maximum atomic E-state index is 13.7. The minimum absolute atomic E-state index is 0.0520. The van der Waals surface area contributed by atoms with Crippen molar-refractivity contribution in [3.8, 4) is 0 Å². The van der Waals surface area contributed by atoms with E-state index in [0.29, 0.717) is 6.42 Å². The van der Waals surface area contributed by atoms with Gasteiger partial charge in [-0.25, -0.2) is 14.6 Å². The molecule has 2 aromatic heterocycles. The van der Waals surface area contributed by atoms with Crippen LogP contribution in [0.4, 0.5) is 5.95 Å². The number of hydrogen-bond donors (Lipinski definition) is 4. The highest BCUT2D eigenvalue weighted by Crippen LogP contribution is 2.46. The molecule has 1 fully saturated rings. The summed E-state index contributed by atoms with van der Waals surface area (Å²) >= 11 is 0.935. The number of aromatic nitrogens is 4. The van der Waals surface area contributed by atoms with Gasteiger partial charge in [-0.05, 0) is 41.0 Å². The smallest absolute Gasteiger partial charge is 0.406 e. The molecule has 2 aromatic rings. The Labute approximate surface area is 241 Å². The molecule has 0 bridgehead atoms. The summed E-state index contributed by atoms with van der Waals surface area (Å²) in [6, 6.07) is -1.02. The van der Waals surface area contributed by atoms with Gasteiger partial charge in [0.1, 0.15) is 12.3 Å². The van der Waals surface area contributed by atoms with Gasteiger partial charge in [0.2, 0.25) is 5.95 Å². The number of H-pyrrole nitrogens is 1. The molecule has 17 heteroatoms. The Bertz CT molecular complexity index is 1330. The monoisotopic (exact) mass is 618 g/mol. The van der Waals surface area contributed by atoms with Crippen molar-refractivity contribution in [2.45, 2.75) is 72.4 Å². The zero-order chi connectivity index (χ0) is 30.5. The Balaban J connectivity index is 1.67. The van der Waals surface area contributed by atoms with E-state index in [0.717, 1.165) is 11.8 Å². The first-order valence-electron chi connectivity index (χ1n) is 13.2. The van der Waals surface area contributed by atoms with Gasteiger partial charge in [-0.1, -0.05) is 18.7 Å². The van der Waals surface area contributed by atoms with E-state index < -0.39 is 43.1 Å². The molecular weight excluding hydrogens is 579 g/mol. The topological polar surface area (TPSA) is 210 Å². The van der Waals surface area contributed by atoms with Crippen LogP contribution < -0.4 is 16.4 Å². The van der Waals surface area contributed by atoms with Crippen molar-refractivity contribution in [3.05, 3.63) is 16.7 Å². The fourth-order valence-electron chi connectivity index (χ4n) is 3.96. The average molecular weight is 619 g/mol. The Kier molecular flexibility index (Phi) is 11.1. The standard InChI is InChI=1S/C24H39N6O9PS/c1-13(2)38-21(33)15(4)29-40(35,36-7-8-41-22(34)24(5,6)11-31)37-10-16-9-14(3)20(39-16)30-12-26-17-18(30)27-23(25)28-19(17)32/h12-16,20,31H,7-11H2,1-6H3,(H,29,35)(H3,25,27,28,32)/t14-,15+,16-,20+,40+/m0/s1. The van der Waals surface area contributed by atoms with Gasteiger partial charge in [-0.15, -0.1) is 0 Å². The van der Waals surface area contributed by atoms with Crippen LogP contribution in [0.5, 0.6) is 0 Å². The van der Waals surface area contributed by atoms with E-state index in [9.17, 15) is 24.1 Å². The first kappa shape index (κ1) is 33.2. The molecule has 230 valence electrons. The number of imidazole rings is 1. The van der Waals surface area contributed by atoms with Crippen LogP contribution in [0, 0.1) is 11.3 Å². The fraction of sp³-hybridized carbons (Fsp3) is 0.708. The Morgan fingerprint density at radius 1 is 1.37 bits per heavy atom. The lowest BCUT2D eigenvalue weighted by Gasteiger charge is -2.24. The normalized spacial score (nSPS) is 21.7. The van der Waals surface area contributed by atoms with Crippen molar-refractivity contribution in [1.29, 1.82) is 0 Å². The maximum Gasteiger partial charge on any atom is 0.406 e. The highest BCUT2D eigenvalue weighted by Gasteiger charge is 2.38. The SMILES string of the molecule is CC(C)OC(=O)[C@@H](C)N[P@@](=O)(OCCSC(=O)C(C)(C)CO)OC[C@@H]1C[C@H](C)[C@H](n2cnc3c(=O)[nH]c(N)nc32)O1. The third-order valence-corrected chi connectivity index (χ3v) is 9.09. The largest absolute Gasteiger partial charge is 0.462 e. The van der Waals surface area contributed by atoms with E-state index >= 15 is 0 Å². The first-order chi connectivity index (χ1) is 19.2. The molecule has 1 aliphatic heterocycles. The van der Waals surface area contributed by atoms with Crippen LogP contribution in [-0.2, 0) is 32.7 Å². The van der Waals surface area contributed by atoms with E-state index in [2.05, 4.69) is 20.0 Å². The molecule has 41 heavy (non-hydrogen) atoms. The molecule has 0 amide bonds. The predicted octanol–water partition coefficient (Wildman–Crippen LogP) is 1.97. The number of hydrogen-bond acceptors (Lipinski definition) is 13. The molecule has 0 aliphatic carbocycles. The van der Waals surface area contributed by atoms with Crippen molar-refractivity contribution < 1.29 is 37.8 Å². The lowest BCUT2D eigenvalue weighted by Crippen LogP contribution is -2.36. The molecule has 0 unspecified atom stereocenters. The molecule has 5 atom stereocenters. The number of carbonyl (C=O) groups excluding carboxylic acids is 2. The molecule has 0 spiro atoms. The van der Waals surface area contributed by atoms with Crippen molar-refractivity contribution >= 4 is 47.7 Å². The third-order valence-electron chi connectivity index (χ3n) is 6.19. The molecule has 1 aliphatic rings. The summed E-state index contributed by atoms with van der Waals surface area (Å²) in [5, 5.41) is 11.8. The van der Waals surface area contributed by atoms with Crippen LogP contribution in [0.25, 0.3) is 11.2 Å². The average Bonchev–Trinajstić information content (AvgIpc) is 3.47. The van der Waals surface area contributed by atoms with Crippen LogP contribution in [0.3, 0.4) is 0 Å². The van der Waals surface area contributed by atoms with Gasteiger partial charge < -0.3 is 20.3 Å². The Hall–Kier alpha value is -2.33. The summed E-state index contributed by atoms with van der Waals surface area (Å²) in [5.41, 5.74) is 4.71. The highest BCUT2D eigenvalue weighted by molar-refractivity contribution is 8.13. The van der Waals surface area contributed by atoms with Gasteiger partial charge >= 0.3 is 13.7 Å². The maximum absolute atomic E-state index is 13.7. The van der Waals surface area contributed by atoms with Gasteiger partial charge in [-0.2, -0.15) is 4.98 Å². The molecule has 0 saturated carbocycles. The van der Waals surface area contributed by atoms with Gasteiger partial charge in [0.25, 0.3) is 5.56 Å². The number of nitrogens with two attached hydrogens (primary N) is 1. The second-order valence-electron chi connectivity index (χ2n) is 10.8. The summed E-state index contributed by atoms with van der Waals surface area (Å²) < 4.78 is 37.9. The number of anilines is 1. The van der Waals surface area contributed by atoms with Gasteiger partial charge in [-0.3, -0.25) is 33.0 Å². The van der Waals surface area contributed by atoms with Crippen LogP contribution in [0.2, 0.25) is 0 Å². The quantitative estimate of drug-likeness (QED) is 0.136. The summed E-state index contributed by atoms with van der Waals surface area (Å²) in [4.78, 5) is 47.5. The van der Waals surface area contributed by atoms with Crippen molar-refractivity contribution in [2.75, 3.05) is 31.3 Å². The van der Waals surface area contributed by atoms with Crippen LogP contribution in [-0.4, -0.2) is 79.5 Å². The molecule has 0 aromatic carbocycles. The van der Waals surface area contributed by atoms with Gasteiger partial charge in [0.05, 0.1) is 43.8 Å². The van der Waals surface area contributed by atoms with E-state index in [1.54, 1.807) is 32.3 Å². The number of aliphatic hydroxyl groups excluding tert-OH is 1. The summed E-state index contributed by atoms with van der Waals surface area (Å²) in [6.07, 6.45) is 0.507. The van der Waals surface area contributed by atoms with E-state index in [1.165, 1.54) is 13.3 Å². The molecule has 3 heterocycles. The number of fused-ring (bicyclic) bond motifs is 1. The summed E-state index contributed by atoms with van der Waals surface area (Å²) in [5.74, 6) is -0.608. The third kappa shape index (κ3) is 8.60. The Morgan fingerprint density at radius 2 is 2.07 bits per heavy atom. The molecule has 15 nitrogen and oxygen atoms in total. The van der Waals surface area contributed by atoms with Crippen molar-refractivity contribution in [3.63, 3.8) is 0 Å². The number of nitrogens with one attached hydrogen (secondary N) is 2. The number of rotatable bonds is 14. The number of esters is 1. The molecule has 5 N–H and O–H groups in total. The van der Waals surface area contributed by atoms with E-state index in [4.69, 9.17) is 24.3 Å². The zero-order valence-electron chi connectivity index (χ0n) is 24.0. The second kappa shape index (κ2) is 13.8. The van der Waals surface area contributed by atoms with Gasteiger partial charge in [0, 0.05) is 11.7 Å². The van der Waals surface area contributed by atoms with Crippen LogP contribution in [0.15, 0.2) is 11.1 Å². The molecular formula is C24H39N6O9PS. The number of aromatic amines is 1. The first-order valence-corrected chi connectivity index (χ1v) is 15.7. The van der Waals surface area contributed by atoms with Gasteiger partial charge in [0.15, 0.2) is 16.3 Å². The number of ether oxygens (including phenoxy) is 2. The van der Waals surface area contributed by atoms with Crippen LogP contribution in [0.1, 0.15) is 54.2 Å². The van der Waals surface area contributed by atoms with Crippen LogP contribution >= 0.6 is 19.5 Å². The lowest BCUT2D eigenvalue weighted by atomic mass is 9.97. The van der Waals surface area contributed by atoms with Crippen molar-refractivity contribution in [2.24, 2.45) is 11.3 Å². The molecule has 0 radical (unpaired) electrons. The minimum Gasteiger partial charge on any atom is -0.462 e. The number of nitrogens with zero attached hydrogens (tertiary/aromatic N) is 3. The Morgan fingerprint density at radius 3 is 2.73 bits per heavy atom. The highest BCUT2D eigenvalue weighted by atomic mass is 32.2.